The number of hydrogen-bond acceptors (Lipinski definition) is 6. The fourth-order valence-corrected chi connectivity index (χ4v) is 5.21. The molecule has 5 rings (SSSR count). The number of amides is 1. The average molecular weight is 523 g/mol. The fourth-order valence-electron chi connectivity index (χ4n) is 4.06. The molecule has 0 bridgehead atoms. The monoisotopic (exact) mass is 522 g/mol. The molecule has 1 aliphatic heterocycles. The van der Waals surface area contributed by atoms with Crippen molar-refractivity contribution in [2.24, 2.45) is 0 Å². The van der Waals surface area contributed by atoms with E-state index in [1.807, 2.05) is 6.92 Å². The zero-order chi connectivity index (χ0) is 25.4. The predicted octanol–water partition coefficient (Wildman–Crippen LogP) is 6.50. The van der Waals surface area contributed by atoms with Gasteiger partial charge in [0.2, 0.25) is 0 Å². The summed E-state index contributed by atoms with van der Waals surface area (Å²) in [6, 6.07) is 16.5. The molecule has 1 aliphatic rings. The second kappa shape index (κ2) is 9.72. The standard InChI is InChI=1S/C27H20ClFN2O4S/c1-2-13-35-19-10-5-15(6-11-19)23-22(24(32)16-3-7-17(28)8-4-16)25(33)26(34)31(23)27-30-20-12-9-18(29)14-21(20)36-27/h3-12,14,23,32H,2,13H2,1H3. The third kappa shape index (κ3) is 4.34. The van der Waals surface area contributed by atoms with Crippen molar-refractivity contribution in [2.75, 3.05) is 11.5 Å². The molecule has 4 aromatic rings. The molecule has 6 nitrogen and oxygen atoms in total. The van der Waals surface area contributed by atoms with Gasteiger partial charge in [-0.1, -0.05) is 42.0 Å². The molecule has 9 heteroatoms. The number of anilines is 1. The molecule has 1 saturated heterocycles. The first kappa shape index (κ1) is 24.0. The molecule has 1 N–H and O–H groups in total. The summed E-state index contributed by atoms with van der Waals surface area (Å²) in [7, 11) is 0. The first-order valence-corrected chi connectivity index (χ1v) is 12.4. The molecule has 1 unspecified atom stereocenters. The van der Waals surface area contributed by atoms with Gasteiger partial charge in [-0.3, -0.25) is 14.5 Å². The Kier molecular flexibility index (Phi) is 6.47. The van der Waals surface area contributed by atoms with Gasteiger partial charge in [0, 0.05) is 10.6 Å². The number of ether oxygens (including phenoxy) is 1. The topological polar surface area (TPSA) is 79.7 Å². The minimum atomic E-state index is -0.952. The molecule has 0 aliphatic carbocycles. The Morgan fingerprint density at radius 3 is 2.53 bits per heavy atom. The summed E-state index contributed by atoms with van der Waals surface area (Å²) in [5.41, 5.74) is 1.35. The number of fused-ring (bicyclic) bond motifs is 1. The van der Waals surface area contributed by atoms with Gasteiger partial charge >= 0.3 is 5.91 Å². The van der Waals surface area contributed by atoms with E-state index >= 15 is 0 Å². The van der Waals surface area contributed by atoms with Crippen LogP contribution in [0.3, 0.4) is 0 Å². The van der Waals surface area contributed by atoms with Crippen LogP contribution < -0.4 is 9.64 Å². The molecular formula is C27H20ClFN2O4S. The van der Waals surface area contributed by atoms with Gasteiger partial charge in [-0.2, -0.15) is 0 Å². The van der Waals surface area contributed by atoms with Gasteiger partial charge in [0.25, 0.3) is 5.78 Å². The summed E-state index contributed by atoms with van der Waals surface area (Å²) < 4.78 is 20.0. The molecule has 2 heterocycles. The van der Waals surface area contributed by atoms with Crippen LogP contribution in [-0.2, 0) is 9.59 Å². The van der Waals surface area contributed by atoms with Crippen molar-refractivity contribution < 1.29 is 23.8 Å². The van der Waals surface area contributed by atoms with E-state index in [0.717, 1.165) is 17.8 Å². The van der Waals surface area contributed by atoms with Gasteiger partial charge < -0.3 is 9.84 Å². The highest BCUT2D eigenvalue weighted by Gasteiger charge is 2.48. The summed E-state index contributed by atoms with van der Waals surface area (Å²) in [4.78, 5) is 32.4. The Bertz CT molecular complexity index is 1500. The molecule has 182 valence electrons. The van der Waals surface area contributed by atoms with E-state index in [0.29, 0.717) is 38.7 Å². The lowest BCUT2D eigenvalue weighted by atomic mass is 9.95. The third-order valence-corrected chi connectivity index (χ3v) is 7.05. The SMILES string of the molecule is CCCOc1ccc(C2C(=C(O)c3ccc(Cl)cc3)C(=O)C(=O)N2c2nc3ccc(F)cc3s2)cc1. The van der Waals surface area contributed by atoms with Crippen molar-refractivity contribution >= 4 is 55.7 Å². The van der Waals surface area contributed by atoms with E-state index in [4.69, 9.17) is 16.3 Å². The lowest BCUT2D eigenvalue weighted by Gasteiger charge is -2.23. The van der Waals surface area contributed by atoms with Crippen LogP contribution in [0.15, 0.2) is 72.3 Å². The number of aliphatic hydroxyl groups is 1. The molecule has 3 aromatic carbocycles. The molecule has 1 fully saturated rings. The minimum Gasteiger partial charge on any atom is -0.507 e. The number of hydrogen-bond donors (Lipinski definition) is 1. The Labute approximate surface area is 215 Å². The molecule has 1 aromatic heterocycles. The van der Waals surface area contributed by atoms with Gasteiger partial charge in [0.1, 0.15) is 17.3 Å². The highest BCUT2D eigenvalue weighted by atomic mass is 35.5. The summed E-state index contributed by atoms with van der Waals surface area (Å²) in [5.74, 6) is -1.78. The number of nitrogens with zero attached hydrogens (tertiary/aromatic N) is 2. The predicted molar refractivity (Wildman–Crippen MR) is 138 cm³/mol. The van der Waals surface area contributed by atoms with Gasteiger partial charge in [-0.05, 0) is 66.6 Å². The zero-order valence-corrected chi connectivity index (χ0v) is 20.6. The van der Waals surface area contributed by atoms with Crippen LogP contribution in [0.25, 0.3) is 16.0 Å². The summed E-state index contributed by atoms with van der Waals surface area (Å²) >= 11 is 7.08. The number of aliphatic hydroxyl groups excluding tert-OH is 1. The minimum absolute atomic E-state index is 0.0741. The Balaban J connectivity index is 1.67. The lowest BCUT2D eigenvalue weighted by Crippen LogP contribution is -2.29. The number of aromatic nitrogens is 1. The molecular weight excluding hydrogens is 503 g/mol. The van der Waals surface area contributed by atoms with Crippen molar-refractivity contribution in [3.05, 3.63) is 94.3 Å². The maximum absolute atomic E-state index is 13.8. The Morgan fingerprint density at radius 1 is 1.11 bits per heavy atom. The second-order valence-corrected chi connectivity index (χ2v) is 9.65. The van der Waals surface area contributed by atoms with Crippen molar-refractivity contribution in [2.45, 2.75) is 19.4 Å². The maximum atomic E-state index is 13.8. The molecule has 1 atom stereocenters. The van der Waals surface area contributed by atoms with Crippen LogP contribution in [-0.4, -0.2) is 28.4 Å². The van der Waals surface area contributed by atoms with Crippen molar-refractivity contribution in [3.8, 4) is 5.75 Å². The molecule has 36 heavy (non-hydrogen) atoms. The molecule has 0 radical (unpaired) electrons. The van der Waals surface area contributed by atoms with Crippen LogP contribution in [0, 0.1) is 5.82 Å². The summed E-state index contributed by atoms with van der Waals surface area (Å²) in [5, 5.41) is 11.9. The third-order valence-electron chi connectivity index (χ3n) is 5.78. The number of Topliss-reactive ketones (excluding diaryl/α,β-unsaturated/α-hetero) is 1. The zero-order valence-electron chi connectivity index (χ0n) is 19.1. The fraction of sp³-hybridized carbons (Fsp3) is 0.148. The van der Waals surface area contributed by atoms with E-state index in [1.54, 1.807) is 48.5 Å². The number of rotatable bonds is 6. The van der Waals surface area contributed by atoms with Gasteiger partial charge in [0.15, 0.2) is 5.13 Å². The van der Waals surface area contributed by atoms with Crippen molar-refractivity contribution in [1.82, 2.24) is 4.98 Å². The number of ketones is 1. The highest BCUT2D eigenvalue weighted by molar-refractivity contribution is 7.22. The number of halogens is 2. The van der Waals surface area contributed by atoms with E-state index < -0.39 is 23.5 Å². The van der Waals surface area contributed by atoms with Crippen LogP contribution in [0.4, 0.5) is 9.52 Å². The first-order valence-electron chi connectivity index (χ1n) is 11.2. The molecule has 1 amide bonds. The average Bonchev–Trinajstić information content (AvgIpc) is 3.40. The lowest BCUT2D eigenvalue weighted by molar-refractivity contribution is -0.132. The van der Waals surface area contributed by atoms with Crippen molar-refractivity contribution in [1.29, 1.82) is 0 Å². The number of benzene rings is 3. The maximum Gasteiger partial charge on any atom is 0.301 e. The van der Waals surface area contributed by atoms with E-state index in [9.17, 15) is 19.1 Å². The van der Waals surface area contributed by atoms with Crippen molar-refractivity contribution in [3.63, 3.8) is 0 Å². The van der Waals surface area contributed by atoms with E-state index in [2.05, 4.69) is 4.98 Å². The normalized spacial score (nSPS) is 17.2. The van der Waals surface area contributed by atoms with E-state index in [1.165, 1.54) is 23.1 Å². The van der Waals surface area contributed by atoms with Gasteiger partial charge in [-0.15, -0.1) is 0 Å². The smallest absolute Gasteiger partial charge is 0.301 e. The highest BCUT2D eigenvalue weighted by Crippen LogP contribution is 2.44. The second-order valence-electron chi connectivity index (χ2n) is 8.20. The largest absolute Gasteiger partial charge is 0.507 e. The Morgan fingerprint density at radius 2 is 1.83 bits per heavy atom. The molecule has 0 spiro atoms. The Hall–Kier alpha value is -3.75. The summed E-state index contributed by atoms with van der Waals surface area (Å²) in [6.07, 6.45) is 0.848. The van der Waals surface area contributed by atoms with Crippen LogP contribution >= 0.6 is 22.9 Å². The number of carbonyl (C=O) groups excluding carboxylic acids is 2. The van der Waals surface area contributed by atoms with Crippen LogP contribution in [0.5, 0.6) is 5.75 Å². The quantitative estimate of drug-likeness (QED) is 0.177. The number of thiazole rings is 1. The van der Waals surface area contributed by atoms with Crippen LogP contribution in [0.1, 0.15) is 30.5 Å². The number of carbonyl (C=O) groups is 2. The van der Waals surface area contributed by atoms with E-state index in [-0.39, 0.29) is 16.5 Å². The first-order chi connectivity index (χ1) is 17.4. The van der Waals surface area contributed by atoms with Crippen LogP contribution in [0.2, 0.25) is 5.02 Å². The summed E-state index contributed by atoms with van der Waals surface area (Å²) in [6.45, 7) is 2.55. The van der Waals surface area contributed by atoms with Gasteiger partial charge in [0.05, 0.1) is 28.4 Å². The molecule has 0 saturated carbocycles. The van der Waals surface area contributed by atoms with Gasteiger partial charge in [-0.25, -0.2) is 9.37 Å².